The van der Waals surface area contributed by atoms with Gasteiger partial charge in [0.2, 0.25) is 0 Å². The average Bonchev–Trinajstić information content (AvgIpc) is 2.72. The standard InChI is InChI=1S/C17H14Cl2N2O2/c1-17(13-7-2-3-8-14(13)19)15(22)21(16(23)20-17)10-11-5-4-6-12(18)9-11/h2-9H,10H2,1H3,(H,20,23). The Morgan fingerprint density at radius 2 is 1.83 bits per heavy atom. The van der Waals surface area contributed by atoms with Crippen molar-refractivity contribution >= 4 is 35.1 Å². The highest BCUT2D eigenvalue weighted by Gasteiger charge is 2.49. The lowest BCUT2D eigenvalue weighted by Gasteiger charge is -2.23. The SMILES string of the molecule is CC1(c2ccccc2Cl)NC(=O)N(Cc2cccc(Cl)c2)C1=O. The summed E-state index contributed by atoms with van der Waals surface area (Å²) in [6, 6.07) is 13.6. The number of imide groups is 1. The molecule has 0 spiro atoms. The minimum Gasteiger partial charge on any atom is -0.319 e. The Balaban J connectivity index is 1.92. The van der Waals surface area contributed by atoms with Crippen molar-refractivity contribution in [2.75, 3.05) is 0 Å². The summed E-state index contributed by atoms with van der Waals surface area (Å²) in [6.45, 7) is 1.82. The molecule has 0 bridgehead atoms. The highest BCUT2D eigenvalue weighted by Crippen LogP contribution is 2.34. The van der Waals surface area contributed by atoms with Crippen LogP contribution in [0.1, 0.15) is 18.1 Å². The normalized spacial score (nSPS) is 20.7. The molecule has 0 aliphatic carbocycles. The topological polar surface area (TPSA) is 49.4 Å². The molecule has 1 fully saturated rings. The molecular formula is C17H14Cl2N2O2. The average molecular weight is 349 g/mol. The second-order valence-corrected chi connectivity index (χ2v) is 6.40. The fraction of sp³-hybridized carbons (Fsp3) is 0.176. The molecule has 1 saturated heterocycles. The van der Waals surface area contributed by atoms with Gasteiger partial charge in [0, 0.05) is 15.6 Å². The van der Waals surface area contributed by atoms with E-state index in [1.54, 1.807) is 49.4 Å². The first-order chi connectivity index (χ1) is 10.9. The highest BCUT2D eigenvalue weighted by molar-refractivity contribution is 6.32. The number of benzene rings is 2. The first-order valence-electron chi connectivity index (χ1n) is 7.05. The Morgan fingerprint density at radius 1 is 1.09 bits per heavy atom. The summed E-state index contributed by atoms with van der Waals surface area (Å²) < 4.78 is 0. The number of nitrogens with zero attached hydrogens (tertiary/aromatic N) is 1. The lowest BCUT2D eigenvalue weighted by Crippen LogP contribution is -2.41. The third-order valence-electron chi connectivity index (χ3n) is 3.92. The monoisotopic (exact) mass is 348 g/mol. The lowest BCUT2D eigenvalue weighted by molar-refractivity contribution is -0.131. The van der Waals surface area contributed by atoms with Crippen molar-refractivity contribution in [2.45, 2.75) is 19.0 Å². The second-order valence-electron chi connectivity index (χ2n) is 5.56. The van der Waals surface area contributed by atoms with Gasteiger partial charge in [0.1, 0.15) is 5.54 Å². The van der Waals surface area contributed by atoms with Gasteiger partial charge < -0.3 is 5.32 Å². The van der Waals surface area contributed by atoms with Gasteiger partial charge in [-0.25, -0.2) is 4.79 Å². The Kier molecular flexibility index (Phi) is 4.04. The summed E-state index contributed by atoms with van der Waals surface area (Å²) in [6.07, 6.45) is 0. The van der Waals surface area contributed by atoms with E-state index in [1.807, 2.05) is 6.07 Å². The van der Waals surface area contributed by atoms with E-state index in [4.69, 9.17) is 23.2 Å². The van der Waals surface area contributed by atoms with Gasteiger partial charge in [0.05, 0.1) is 6.54 Å². The van der Waals surface area contributed by atoms with Gasteiger partial charge in [-0.2, -0.15) is 0 Å². The minimum absolute atomic E-state index is 0.158. The summed E-state index contributed by atoms with van der Waals surface area (Å²) in [4.78, 5) is 26.3. The molecule has 1 heterocycles. The Labute approximate surface area is 144 Å². The number of halogens is 2. The van der Waals surface area contributed by atoms with E-state index in [2.05, 4.69) is 5.32 Å². The smallest absolute Gasteiger partial charge is 0.319 e. The van der Waals surface area contributed by atoms with Crippen molar-refractivity contribution in [3.05, 3.63) is 69.7 Å². The molecule has 3 amide bonds. The summed E-state index contributed by atoms with van der Waals surface area (Å²) in [5.41, 5.74) is 0.187. The molecule has 2 aromatic carbocycles. The lowest BCUT2D eigenvalue weighted by atomic mass is 9.92. The van der Waals surface area contributed by atoms with E-state index in [0.29, 0.717) is 15.6 Å². The molecule has 0 radical (unpaired) electrons. The molecule has 3 rings (SSSR count). The third-order valence-corrected chi connectivity index (χ3v) is 4.48. The maximum Gasteiger partial charge on any atom is 0.325 e. The molecule has 6 heteroatoms. The van der Waals surface area contributed by atoms with Gasteiger partial charge >= 0.3 is 6.03 Å². The quantitative estimate of drug-likeness (QED) is 0.853. The van der Waals surface area contributed by atoms with Gasteiger partial charge in [-0.1, -0.05) is 53.5 Å². The van der Waals surface area contributed by atoms with Gasteiger partial charge in [0.25, 0.3) is 5.91 Å². The van der Waals surface area contributed by atoms with Crippen LogP contribution in [-0.4, -0.2) is 16.8 Å². The number of carbonyl (C=O) groups excluding carboxylic acids is 2. The number of nitrogens with one attached hydrogen (secondary N) is 1. The molecular weight excluding hydrogens is 335 g/mol. The molecule has 23 heavy (non-hydrogen) atoms. The van der Waals surface area contributed by atoms with Crippen molar-refractivity contribution in [1.29, 1.82) is 0 Å². The maximum atomic E-state index is 12.8. The number of urea groups is 1. The molecule has 1 aliphatic rings. The van der Waals surface area contributed by atoms with Gasteiger partial charge in [-0.15, -0.1) is 0 Å². The van der Waals surface area contributed by atoms with E-state index in [0.717, 1.165) is 5.56 Å². The highest BCUT2D eigenvalue weighted by atomic mass is 35.5. The largest absolute Gasteiger partial charge is 0.325 e. The number of rotatable bonds is 3. The summed E-state index contributed by atoms with van der Waals surface area (Å²) in [5, 5.41) is 3.74. The molecule has 0 aromatic heterocycles. The Hall–Kier alpha value is -2.04. The van der Waals surface area contributed by atoms with Crippen molar-refractivity contribution in [1.82, 2.24) is 10.2 Å². The third kappa shape index (κ3) is 2.80. The zero-order valence-corrected chi connectivity index (χ0v) is 13.9. The number of hydrogen-bond donors (Lipinski definition) is 1. The molecule has 1 unspecified atom stereocenters. The first kappa shape index (κ1) is 15.8. The van der Waals surface area contributed by atoms with Crippen LogP contribution in [0.2, 0.25) is 10.0 Å². The van der Waals surface area contributed by atoms with Crippen LogP contribution >= 0.6 is 23.2 Å². The van der Waals surface area contributed by atoms with Crippen molar-refractivity contribution in [2.24, 2.45) is 0 Å². The maximum absolute atomic E-state index is 12.8. The van der Waals surface area contributed by atoms with Crippen LogP contribution in [-0.2, 0) is 16.9 Å². The fourth-order valence-electron chi connectivity index (χ4n) is 2.71. The fourth-order valence-corrected chi connectivity index (χ4v) is 3.25. The van der Waals surface area contributed by atoms with E-state index in [1.165, 1.54) is 4.90 Å². The van der Waals surface area contributed by atoms with E-state index in [-0.39, 0.29) is 12.5 Å². The molecule has 0 saturated carbocycles. The Morgan fingerprint density at radius 3 is 2.52 bits per heavy atom. The van der Waals surface area contributed by atoms with Crippen LogP contribution in [0.3, 0.4) is 0 Å². The number of amides is 3. The van der Waals surface area contributed by atoms with Crippen LogP contribution in [0.5, 0.6) is 0 Å². The first-order valence-corrected chi connectivity index (χ1v) is 7.81. The van der Waals surface area contributed by atoms with Crippen molar-refractivity contribution in [3.8, 4) is 0 Å². The number of hydrogen-bond acceptors (Lipinski definition) is 2. The van der Waals surface area contributed by atoms with Gasteiger partial charge in [0.15, 0.2) is 0 Å². The minimum atomic E-state index is -1.17. The zero-order valence-electron chi connectivity index (χ0n) is 12.3. The van der Waals surface area contributed by atoms with E-state index >= 15 is 0 Å². The predicted molar refractivity (Wildman–Crippen MR) is 89.3 cm³/mol. The summed E-state index contributed by atoms with van der Waals surface area (Å²) >= 11 is 12.2. The molecule has 2 aromatic rings. The van der Waals surface area contributed by atoms with Gasteiger partial charge in [-0.05, 0) is 30.7 Å². The van der Waals surface area contributed by atoms with Crippen LogP contribution in [0, 0.1) is 0 Å². The van der Waals surface area contributed by atoms with Gasteiger partial charge in [-0.3, -0.25) is 9.69 Å². The van der Waals surface area contributed by atoms with Crippen LogP contribution in [0.25, 0.3) is 0 Å². The van der Waals surface area contributed by atoms with Crippen molar-refractivity contribution in [3.63, 3.8) is 0 Å². The molecule has 4 nitrogen and oxygen atoms in total. The van der Waals surface area contributed by atoms with Crippen LogP contribution in [0.4, 0.5) is 4.79 Å². The molecule has 1 aliphatic heterocycles. The summed E-state index contributed by atoms with van der Waals surface area (Å²) in [5.74, 6) is -0.337. The Bertz CT molecular complexity index is 794. The molecule has 1 atom stereocenters. The molecule has 1 N–H and O–H groups in total. The predicted octanol–water partition coefficient (Wildman–Crippen LogP) is 3.96. The van der Waals surface area contributed by atoms with Crippen molar-refractivity contribution < 1.29 is 9.59 Å². The number of carbonyl (C=O) groups is 2. The van der Waals surface area contributed by atoms with E-state index in [9.17, 15) is 9.59 Å². The van der Waals surface area contributed by atoms with Crippen LogP contribution in [0.15, 0.2) is 48.5 Å². The van der Waals surface area contributed by atoms with Crippen LogP contribution < -0.4 is 5.32 Å². The van der Waals surface area contributed by atoms with E-state index < -0.39 is 11.6 Å². The molecule has 118 valence electrons. The zero-order chi connectivity index (χ0) is 16.6. The second kappa shape index (κ2) is 5.87. The summed E-state index contributed by atoms with van der Waals surface area (Å²) in [7, 11) is 0.